The fourth-order valence-electron chi connectivity index (χ4n) is 2.42. The molecule has 0 amide bonds. The Kier molecular flexibility index (Phi) is 4.29. The van der Waals surface area contributed by atoms with E-state index in [1.54, 1.807) is 0 Å². The van der Waals surface area contributed by atoms with Crippen molar-refractivity contribution in [3.05, 3.63) is 70.8 Å². The first-order valence-electron chi connectivity index (χ1n) is 7.37. The van der Waals surface area contributed by atoms with Crippen LogP contribution in [0, 0.1) is 0 Å². The highest BCUT2D eigenvalue weighted by molar-refractivity contribution is 5.38. The first-order chi connectivity index (χ1) is 9.45. The van der Waals surface area contributed by atoms with Crippen molar-refractivity contribution >= 4 is 0 Å². The number of hydrogen-bond donors (Lipinski definition) is 1. The number of aryl methyl sites for hydroxylation is 1. The monoisotopic (exact) mass is 268 g/mol. The van der Waals surface area contributed by atoms with Crippen molar-refractivity contribution in [2.24, 2.45) is 0 Å². The van der Waals surface area contributed by atoms with E-state index in [1.807, 2.05) is 31.2 Å². The summed E-state index contributed by atoms with van der Waals surface area (Å²) in [6.07, 6.45) is 1.02. The molecule has 1 unspecified atom stereocenters. The fraction of sp³-hybridized carbons (Fsp3) is 0.368. The third kappa shape index (κ3) is 2.94. The van der Waals surface area contributed by atoms with Crippen LogP contribution in [0.1, 0.15) is 55.9 Å². The molecule has 1 nitrogen and oxygen atoms in total. The van der Waals surface area contributed by atoms with E-state index in [1.165, 1.54) is 11.1 Å². The normalized spacial score (nSPS) is 14.3. The zero-order valence-corrected chi connectivity index (χ0v) is 12.9. The maximum atomic E-state index is 10.9. The van der Waals surface area contributed by atoms with E-state index >= 15 is 0 Å². The average molecular weight is 268 g/mol. The summed E-state index contributed by atoms with van der Waals surface area (Å²) in [5, 5.41) is 10.9. The summed E-state index contributed by atoms with van der Waals surface area (Å²) >= 11 is 0. The minimum atomic E-state index is -0.943. The molecule has 0 saturated heterocycles. The van der Waals surface area contributed by atoms with Gasteiger partial charge >= 0.3 is 0 Å². The third-order valence-electron chi connectivity index (χ3n) is 4.06. The van der Waals surface area contributed by atoms with Crippen molar-refractivity contribution in [2.45, 2.75) is 45.6 Å². The van der Waals surface area contributed by atoms with Gasteiger partial charge in [-0.2, -0.15) is 0 Å². The highest BCUT2D eigenvalue weighted by Crippen LogP contribution is 2.30. The van der Waals surface area contributed by atoms with E-state index in [4.69, 9.17) is 0 Å². The maximum absolute atomic E-state index is 10.9. The molecule has 1 atom stereocenters. The molecule has 0 aliphatic carbocycles. The van der Waals surface area contributed by atoms with Crippen molar-refractivity contribution in [3.63, 3.8) is 0 Å². The zero-order chi connectivity index (χ0) is 14.8. The molecular weight excluding hydrogens is 244 g/mol. The molecule has 0 aromatic heterocycles. The Labute approximate surface area is 122 Å². The third-order valence-corrected chi connectivity index (χ3v) is 4.06. The summed E-state index contributed by atoms with van der Waals surface area (Å²) in [7, 11) is 0. The lowest BCUT2D eigenvalue weighted by Crippen LogP contribution is -2.22. The van der Waals surface area contributed by atoms with Crippen LogP contribution in [0.25, 0.3) is 0 Å². The molecule has 106 valence electrons. The van der Waals surface area contributed by atoms with E-state index in [0.29, 0.717) is 5.92 Å². The minimum absolute atomic E-state index is 0.512. The standard InChI is InChI=1S/C19H24O/c1-5-15-6-10-17(11-7-15)19(4,20)18-12-8-16(9-13-18)14(2)3/h6-14,20H,5H2,1-4H3. The molecule has 0 radical (unpaired) electrons. The van der Waals surface area contributed by atoms with Gasteiger partial charge in [0.15, 0.2) is 0 Å². The van der Waals surface area contributed by atoms with Crippen molar-refractivity contribution in [2.75, 3.05) is 0 Å². The minimum Gasteiger partial charge on any atom is -0.381 e. The van der Waals surface area contributed by atoms with Crippen molar-refractivity contribution in [1.29, 1.82) is 0 Å². The molecule has 2 aromatic rings. The fourth-order valence-corrected chi connectivity index (χ4v) is 2.42. The Morgan fingerprint density at radius 2 is 1.35 bits per heavy atom. The van der Waals surface area contributed by atoms with Gasteiger partial charge in [-0.25, -0.2) is 0 Å². The molecule has 0 saturated carbocycles. The van der Waals surface area contributed by atoms with Gasteiger partial charge in [0.05, 0.1) is 0 Å². The Morgan fingerprint density at radius 3 is 1.75 bits per heavy atom. The maximum Gasteiger partial charge on any atom is 0.112 e. The van der Waals surface area contributed by atoms with Gasteiger partial charge in [0, 0.05) is 0 Å². The van der Waals surface area contributed by atoms with E-state index in [2.05, 4.69) is 45.0 Å². The summed E-state index contributed by atoms with van der Waals surface area (Å²) in [4.78, 5) is 0. The average Bonchev–Trinajstić information content (AvgIpc) is 2.47. The van der Waals surface area contributed by atoms with Crippen LogP contribution in [0.2, 0.25) is 0 Å². The molecule has 0 spiro atoms. The lowest BCUT2D eigenvalue weighted by atomic mass is 9.86. The van der Waals surface area contributed by atoms with Crippen LogP contribution in [-0.4, -0.2) is 5.11 Å². The molecule has 1 heteroatoms. The number of aliphatic hydroxyl groups is 1. The first kappa shape index (κ1) is 14.8. The van der Waals surface area contributed by atoms with Crippen LogP contribution in [-0.2, 0) is 12.0 Å². The SMILES string of the molecule is CCc1ccc(C(C)(O)c2ccc(C(C)C)cc2)cc1. The quantitative estimate of drug-likeness (QED) is 0.857. The van der Waals surface area contributed by atoms with Crippen LogP contribution >= 0.6 is 0 Å². The molecule has 0 aliphatic heterocycles. The van der Waals surface area contributed by atoms with Crippen LogP contribution in [0.3, 0.4) is 0 Å². The first-order valence-corrected chi connectivity index (χ1v) is 7.37. The molecule has 1 N–H and O–H groups in total. The second kappa shape index (κ2) is 5.80. The second-order valence-corrected chi connectivity index (χ2v) is 5.90. The van der Waals surface area contributed by atoms with Crippen molar-refractivity contribution in [1.82, 2.24) is 0 Å². The molecule has 20 heavy (non-hydrogen) atoms. The van der Waals surface area contributed by atoms with Gasteiger partial charge in [0.1, 0.15) is 5.60 Å². The van der Waals surface area contributed by atoms with Crippen molar-refractivity contribution < 1.29 is 5.11 Å². The van der Waals surface area contributed by atoms with Crippen LogP contribution in [0.4, 0.5) is 0 Å². The molecular formula is C19H24O. The van der Waals surface area contributed by atoms with Gasteiger partial charge < -0.3 is 5.11 Å². The molecule has 0 bridgehead atoms. The largest absolute Gasteiger partial charge is 0.381 e. The van der Waals surface area contributed by atoms with Crippen LogP contribution < -0.4 is 0 Å². The summed E-state index contributed by atoms with van der Waals surface area (Å²) < 4.78 is 0. The topological polar surface area (TPSA) is 20.2 Å². The van der Waals surface area contributed by atoms with Crippen LogP contribution in [0.15, 0.2) is 48.5 Å². The van der Waals surface area contributed by atoms with E-state index in [0.717, 1.165) is 17.5 Å². The van der Waals surface area contributed by atoms with Gasteiger partial charge in [-0.1, -0.05) is 69.3 Å². The molecule has 0 heterocycles. The highest BCUT2D eigenvalue weighted by atomic mass is 16.3. The summed E-state index contributed by atoms with van der Waals surface area (Å²) in [6.45, 7) is 8.35. The number of rotatable bonds is 4. The summed E-state index contributed by atoms with van der Waals surface area (Å²) in [6, 6.07) is 16.5. The Morgan fingerprint density at radius 1 is 0.900 bits per heavy atom. The zero-order valence-electron chi connectivity index (χ0n) is 12.9. The molecule has 2 rings (SSSR count). The lowest BCUT2D eigenvalue weighted by Gasteiger charge is -2.25. The number of benzene rings is 2. The molecule has 0 fully saturated rings. The van der Waals surface area contributed by atoms with Crippen molar-refractivity contribution in [3.8, 4) is 0 Å². The van der Waals surface area contributed by atoms with Gasteiger partial charge in [0.25, 0.3) is 0 Å². The predicted octanol–water partition coefficient (Wildman–Crippen LogP) is 4.63. The predicted molar refractivity (Wildman–Crippen MR) is 85.0 cm³/mol. The van der Waals surface area contributed by atoms with E-state index < -0.39 is 5.60 Å². The van der Waals surface area contributed by atoms with Gasteiger partial charge in [-0.15, -0.1) is 0 Å². The number of hydrogen-bond acceptors (Lipinski definition) is 1. The van der Waals surface area contributed by atoms with Gasteiger partial charge in [-0.3, -0.25) is 0 Å². The summed E-state index contributed by atoms with van der Waals surface area (Å²) in [5.74, 6) is 0.512. The molecule has 0 aliphatic rings. The van der Waals surface area contributed by atoms with Gasteiger partial charge in [0.2, 0.25) is 0 Å². The Balaban J connectivity index is 2.32. The Bertz CT molecular complexity index is 547. The Hall–Kier alpha value is -1.60. The second-order valence-electron chi connectivity index (χ2n) is 5.90. The van der Waals surface area contributed by atoms with E-state index in [-0.39, 0.29) is 0 Å². The molecule has 2 aromatic carbocycles. The van der Waals surface area contributed by atoms with Crippen LogP contribution in [0.5, 0.6) is 0 Å². The van der Waals surface area contributed by atoms with Gasteiger partial charge in [-0.05, 0) is 41.5 Å². The van der Waals surface area contributed by atoms with E-state index in [9.17, 15) is 5.11 Å². The summed E-state index contributed by atoms with van der Waals surface area (Å²) in [5.41, 5.74) is 3.52. The lowest BCUT2D eigenvalue weighted by molar-refractivity contribution is 0.102. The highest BCUT2D eigenvalue weighted by Gasteiger charge is 2.25. The smallest absolute Gasteiger partial charge is 0.112 e.